The number of ketones is 1. The van der Waals surface area contributed by atoms with Crippen LogP contribution in [0.4, 0.5) is 0 Å². The number of amides is 2. The number of fused-ring (bicyclic) bond motifs is 1. The zero-order valence-corrected chi connectivity index (χ0v) is 21.5. The summed E-state index contributed by atoms with van der Waals surface area (Å²) in [4.78, 5) is 53.6. The van der Waals surface area contributed by atoms with Gasteiger partial charge in [-0.2, -0.15) is 0 Å². The minimum atomic E-state index is -1.25. The molecule has 4 rings (SSSR count). The number of carboxylic acid groups (broad SMARTS) is 1. The molecule has 0 bridgehead atoms. The Kier molecular flexibility index (Phi) is 8.61. The van der Waals surface area contributed by atoms with Crippen LogP contribution in [0.1, 0.15) is 74.6 Å². The van der Waals surface area contributed by atoms with Crippen LogP contribution in [0.3, 0.4) is 0 Å². The van der Waals surface area contributed by atoms with Gasteiger partial charge in [-0.1, -0.05) is 38.5 Å². The fourth-order valence-corrected chi connectivity index (χ4v) is 6.56. The molecule has 1 atom stereocenters. The Morgan fingerprint density at radius 2 is 1.72 bits per heavy atom. The fourth-order valence-electron chi connectivity index (χ4n) is 5.59. The molecule has 1 heterocycles. The van der Waals surface area contributed by atoms with E-state index in [1.165, 1.54) is 11.3 Å². The highest BCUT2D eigenvalue weighted by Crippen LogP contribution is 2.33. The monoisotopic (exact) mass is 514 g/mol. The van der Waals surface area contributed by atoms with E-state index >= 15 is 0 Å². The van der Waals surface area contributed by atoms with Crippen LogP contribution in [0.2, 0.25) is 0 Å². The molecule has 2 amide bonds. The number of benzene rings is 1. The topological polar surface area (TPSA) is 113 Å². The summed E-state index contributed by atoms with van der Waals surface area (Å²) in [5, 5.41) is 15.0. The van der Waals surface area contributed by atoms with Gasteiger partial charge in [0.05, 0.1) is 7.11 Å². The predicted octanol–water partition coefficient (Wildman–Crippen LogP) is 4.40. The van der Waals surface area contributed by atoms with E-state index in [-0.39, 0.29) is 23.4 Å². The largest absolute Gasteiger partial charge is 0.497 e. The molecule has 1 unspecified atom stereocenters. The number of rotatable bonds is 9. The molecular weight excluding hydrogens is 480 g/mol. The highest BCUT2D eigenvalue weighted by molar-refractivity contribution is 7.17. The quantitative estimate of drug-likeness (QED) is 0.379. The van der Waals surface area contributed by atoms with Crippen LogP contribution < -0.4 is 10.1 Å². The summed E-state index contributed by atoms with van der Waals surface area (Å²) in [5.41, 5.74) is 0.216. The maximum absolute atomic E-state index is 13.6. The summed E-state index contributed by atoms with van der Waals surface area (Å²) in [6.07, 6.45) is 9.27. The molecule has 1 aromatic carbocycles. The normalized spacial score (nSPS) is 17.9. The van der Waals surface area contributed by atoms with E-state index in [9.17, 15) is 24.3 Å². The third kappa shape index (κ3) is 5.88. The molecule has 9 heteroatoms. The molecule has 2 saturated carbocycles. The van der Waals surface area contributed by atoms with E-state index in [0.717, 1.165) is 73.8 Å². The van der Waals surface area contributed by atoms with Gasteiger partial charge in [0.25, 0.3) is 11.7 Å². The third-order valence-corrected chi connectivity index (χ3v) is 8.39. The Balaban J connectivity index is 1.65. The molecule has 2 aromatic rings. The Hall–Kier alpha value is -2.94. The van der Waals surface area contributed by atoms with Crippen molar-refractivity contribution in [3.05, 3.63) is 29.1 Å². The lowest BCUT2D eigenvalue weighted by molar-refractivity contribution is -0.148. The number of Topliss-reactive ketones (excluding diaryl/α,β-unsaturated/α-hetero) is 1. The van der Waals surface area contributed by atoms with E-state index in [2.05, 4.69) is 5.32 Å². The summed E-state index contributed by atoms with van der Waals surface area (Å²) in [6, 6.07) is 4.27. The first-order valence-corrected chi connectivity index (χ1v) is 13.7. The highest BCUT2D eigenvalue weighted by atomic mass is 32.1. The van der Waals surface area contributed by atoms with E-state index in [0.29, 0.717) is 11.1 Å². The van der Waals surface area contributed by atoms with Crippen LogP contribution in [-0.4, -0.2) is 59.3 Å². The third-order valence-electron chi connectivity index (χ3n) is 7.44. The summed E-state index contributed by atoms with van der Waals surface area (Å²) >= 11 is 1.31. The number of nitrogens with zero attached hydrogens (tertiary/aromatic N) is 1. The van der Waals surface area contributed by atoms with Crippen LogP contribution in [0.5, 0.6) is 5.75 Å². The van der Waals surface area contributed by atoms with Crippen LogP contribution in [0.25, 0.3) is 10.1 Å². The van der Waals surface area contributed by atoms with Crippen LogP contribution in [0, 0.1) is 5.92 Å². The molecule has 2 N–H and O–H groups in total. The minimum Gasteiger partial charge on any atom is -0.497 e. The van der Waals surface area contributed by atoms with Crippen LogP contribution in [0.15, 0.2) is 23.6 Å². The van der Waals surface area contributed by atoms with E-state index in [4.69, 9.17) is 4.74 Å². The number of thiophene rings is 1. The Labute approximate surface area is 215 Å². The molecule has 0 spiro atoms. The average Bonchev–Trinajstić information content (AvgIpc) is 3.31. The second kappa shape index (κ2) is 11.9. The summed E-state index contributed by atoms with van der Waals surface area (Å²) in [5.74, 6) is -2.86. The van der Waals surface area contributed by atoms with Gasteiger partial charge in [-0.3, -0.25) is 19.2 Å². The van der Waals surface area contributed by atoms with Crippen LogP contribution in [-0.2, 0) is 14.4 Å². The zero-order chi connectivity index (χ0) is 25.7. The van der Waals surface area contributed by atoms with Gasteiger partial charge < -0.3 is 20.1 Å². The number of hydrogen-bond donors (Lipinski definition) is 2. The van der Waals surface area contributed by atoms with Crippen molar-refractivity contribution in [3.8, 4) is 5.75 Å². The summed E-state index contributed by atoms with van der Waals surface area (Å²) in [7, 11) is 1.55. The van der Waals surface area contributed by atoms with Crippen molar-refractivity contribution in [2.75, 3.05) is 13.7 Å². The number of aliphatic carboxylic acids is 1. The number of nitrogens with one attached hydrogen (secondary N) is 1. The second-order valence-corrected chi connectivity index (χ2v) is 10.8. The number of hydrogen-bond acceptors (Lipinski definition) is 6. The molecule has 2 aliphatic carbocycles. The van der Waals surface area contributed by atoms with Crippen molar-refractivity contribution in [2.24, 2.45) is 5.92 Å². The summed E-state index contributed by atoms with van der Waals surface area (Å²) < 4.78 is 6.03. The van der Waals surface area contributed by atoms with Crippen LogP contribution >= 0.6 is 11.3 Å². The molecule has 2 fully saturated rings. The zero-order valence-electron chi connectivity index (χ0n) is 20.7. The average molecular weight is 515 g/mol. The maximum atomic E-state index is 13.6. The van der Waals surface area contributed by atoms with Gasteiger partial charge in [-0.25, -0.2) is 0 Å². The first-order chi connectivity index (χ1) is 17.4. The number of carboxylic acids is 1. The van der Waals surface area contributed by atoms with E-state index < -0.39 is 30.2 Å². The molecule has 1 aromatic heterocycles. The Bertz CT molecular complexity index is 1120. The SMILES string of the molecule is COc1ccc2c(C(=O)C(=O)N(CC(=O)O)C(C(=O)NC3CCCCC3)C3CCCCC3)csc2c1. The fraction of sp³-hybridized carbons (Fsp3) is 0.556. The van der Waals surface area contributed by atoms with Gasteiger partial charge in [-0.15, -0.1) is 11.3 Å². The lowest BCUT2D eigenvalue weighted by Gasteiger charge is -2.38. The lowest BCUT2D eigenvalue weighted by Crippen LogP contribution is -2.58. The lowest BCUT2D eigenvalue weighted by atomic mass is 9.82. The molecule has 36 heavy (non-hydrogen) atoms. The second-order valence-electron chi connectivity index (χ2n) is 9.85. The number of methoxy groups -OCH3 is 1. The standard InChI is InChI=1S/C27H34N2O6S/c1-35-19-12-13-20-21(16-36-22(20)14-19)25(32)27(34)29(15-23(30)31)24(17-8-4-2-5-9-17)26(33)28-18-10-6-3-7-11-18/h12-14,16-18,24H,2-11,15H2,1H3,(H,28,33)(H,30,31). The smallest absolute Gasteiger partial charge is 0.323 e. The molecule has 0 radical (unpaired) electrons. The Morgan fingerprint density at radius 1 is 1.06 bits per heavy atom. The Morgan fingerprint density at radius 3 is 2.36 bits per heavy atom. The molecule has 2 aliphatic rings. The van der Waals surface area contributed by atoms with Crippen molar-refractivity contribution < 1.29 is 29.0 Å². The van der Waals surface area contributed by atoms with Gasteiger partial charge in [0.1, 0.15) is 18.3 Å². The first-order valence-electron chi connectivity index (χ1n) is 12.8. The van der Waals surface area contributed by atoms with Crippen molar-refractivity contribution in [2.45, 2.75) is 76.3 Å². The van der Waals surface area contributed by atoms with Crippen molar-refractivity contribution in [3.63, 3.8) is 0 Å². The van der Waals surface area contributed by atoms with Gasteiger partial charge in [0, 0.05) is 27.1 Å². The number of ether oxygens (including phenoxy) is 1. The highest BCUT2D eigenvalue weighted by Gasteiger charge is 2.41. The summed E-state index contributed by atoms with van der Waals surface area (Å²) in [6.45, 7) is -0.695. The van der Waals surface area contributed by atoms with Gasteiger partial charge in [-0.05, 0) is 49.8 Å². The van der Waals surface area contributed by atoms with Gasteiger partial charge in [0.15, 0.2) is 0 Å². The molecule has 194 valence electrons. The maximum Gasteiger partial charge on any atom is 0.323 e. The molecular formula is C27H34N2O6S. The minimum absolute atomic E-state index is 0.0191. The van der Waals surface area contributed by atoms with Crippen molar-refractivity contribution >= 4 is 45.0 Å². The predicted molar refractivity (Wildman–Crippen MR) is 137 cm³/mol. The van der Waals surface area contributed by atoms with Gasteiger partial charge in [0.2, 0.25) is 5.91 Å². The van der Waals surface area contributed by atoms with E-state index in [1.54, 1.807) is 30.7 Å². The molecule has 0 saturated heterocycles. The number of carbonyl (C=O) groups excluding carboxylic acids is 3. The first kappa shape index (κ1) is 26.1. The van der Waals surface area contributed by atoms with Crippen molar-refractivity contribution in [1.29, 1.82) is 0 Å². The van der Waals surface area contributed by atoms with E-state index in [1.807, 2.05) is 0 Å². The van der Waals surface area contributed by atoms with Gasteiger partial charge >= 0.3 is 5.97 Å². The van der Waals surface area contributed by atoms with Crippen molar-refractivity contribution in [1.82, 2.24) is 10.2 Å². The number of carbonyl (C=O) groups is 4. The molecule has 8 nitrogen and oxygen atoms in total. The molecule has 0 aliphatic heterocycles.